The molecule has 0 aromatic carbocycles. The summed E-state index contributed by atoms with van der Waals surface area (Å²) in [4.78, 5) is 0.521. The molecule has 2 heterocycles. The lowest BCUT2D eigenvalue weighted by Gasteiger charge is -2.36. The van der Waals surface area contributed by atoms with Crippen LogP contribution in [-0.2, 0) is 10.0 Å². The molecule has 3 nitrogen and oxygen atoms in total. The van der Waals surface area contributed by atoms with Gasteiger partial charge in [0.05, 0.1) is 5.75 Å². The van der Waals surface area contributed by atoms with Crippen LogP contribution in [0.5, 0.6) is 0 Å². The number of hydrogen-bond acceptors (Lipinski definition) is 2. The summed E-state index contributed by atoms with van der Waals surface area (Å²) in [7, 11) is -3.00. The zero-order valence-electron chi connectivity index (χ0n) is 10.7. The lowest BCUT2D eigenvalue weighted by molar-refractivity contribution is 0.251. The molecule has 2 saturated heterocycles. The molecule has 0 N–H and O–H groups in total. The van der Waals surface area contributed by atoms with Crippen molar-refractivity contribution in [3.05, 3.63) is 0 Å². The number of sulfonamides is 1. The van der Waals surface area contributed by atoms with E-state index in [-0.39, 0.29) is 12.1 Å². The second-order valence-electron chi connectivity index (χ2n) is 6.19. The van der Waals surface area contributed by atoms with Crippen LogP contribution in [0.4, 0.5) is 0 Å². The van der Waals surface area contributed by atoms with E-state index in [9.17, 15) is 8.42 Å². The smallest absolute Gasteiger partial charge is 0.212 e. The van der Waals surface area contributed by atoms with Crippen LogP contribution < -0.4 is 0 Å². The summed E-state index contributed by atoms with van der Waals surface area (Å²) in [6.45, 7) is 0. The Morgan fingerprint density at radius 2 is 1.67 bits per heavy atom. The van der Waals surface area contributed by atoms with Gasteiger partial charge in [-0.1, -0.05) is 35.2 Å². The number of hydrogen-bond donors (Lipinski definition) is 0. The zero-order chi connectivity index (χ0) is 12.8. The maximum absolute atomic E-state index is 12.5. The largest absolute Gasteiger partial charge is 0.214 e. The first-order chi connectivity index (χ1) is 8.56. The fourth-order valence-corrected chi connectivity index (χ4v) is 6.72. The summed E-state index contributed by atoms with van der Waals surface area (Å²) < 4.78 is 26.9. The molecule has 5 heteroatoms. The Morgan fingerprint density at radius 1 is 1.06 bits per heavy atom. The highest BCUT2D eigenvalue weighted by molar-refractivity contribution is 9.09. The van der Waals surface area contributed by atoms with Crippen molar-refractivity contribution >= 4 is 26.0 Å². The fourth-order valence-electron chi connectivity index (χ4n) is 3.72. The van der Waals surface area contributed by atoms with E-state index in [1.807, 2.05) is 4.31 Å². The fraction of sp³-hybridized carbons (Fsp3) is 1.00. The first kappa shape index (κ1) is 13.4. The van der Waals surface area contributed by atoms with Gasteiger partial charge in [-0.2, -0.15) is 4.31 Å². The minimum absolute atomic E-state index is 0.277. The van der Waals surface area contributed by atoms with Crippen LogP contribution in [0.25, 0.3) is 0 Å². The Kier molecular flexibility index (Phi) is 3.76. The summed E-state index contributed by atoms with van der Waals surface area (Å²) >= 11 is 3.66. The quantitative estimate of drug-likeness (QED) is 0.741. The molecule has 2 unspecified atom stereocenters. The average molecular weight is 336 g/mol. The Balaban J connectivity index is 1.65. The Hall–Kier alpha value is 0.390. The molecule has 3 fully saturated rings. The third kappa shape index (κ3) is 2.50. The first-order valence-electron chi connectivity index (χ1n) is 7.21. The molecule has 2 atom stereocenters. The predicted octanol–water partition coefficient (Wildman–Crippen LogP) is 2.90. The van der Waals surface area contributed by atoms with Crippen LogP contribution in [0.1, 0.15) is 51.4 Å². The molecule has 0 amide bonds. The summed E-state index contributed by atoms with van der Waals surface area (Å²) in [5, 5.41) is 0. The molecule has 18 heavy (non-hydrogen) atoms. The molecule has 0 aromatic heterocycles. The standard InChI is InChI=1S/C13H22BrNO2S/c14-11-8-12-4-5-13(9-11)15(12)18(16,17)7-6-10-2-1-3-10/h10-13H,1-9H2. The SMILES string of the molecule is O=S(=O)(CCC1CCC1)N1C2CCC1CC(Br)C2. The first-order valence-corrected chi connectivity index (χ1v) is 9.74. The van der Waals surface area contributed by atoms with E-state index in [0.29, 0.717) is 16.5 Å². The van der Waals surface area contributed by atoms with Gasteiger partial charge in [-0.05, 0) is 38.0 Å². The number of fused-ring (bicyclic) bond motifs is 2. The highest BCUT2D eigenvalue weighted by Crippen LogP contribution is 2.41. The third-order valence-electron chi connectivity index (χ3n) is 4.94. The number of rotatable bonds is 4. The van der Waals surface area contributed by atoms with Crippen LogP contribution in [0.15, 0.2) is 0 Å². The number of piperidine rings is 1. The predicted molar refractivity (Wildman–Crippen MR) is 76.3 cm³/mol. The van der Waals surface area contributed by atoms with Crippen molar-refractivity contribution < 1.29 is 8.42 Å². The molecule has 0 spiro atoms. The van der Waals surface area contributed by atoms with Gasteiger partial charge < -0.3 is 0 Å². The lowest BCUT2D eigenvalue weighted by atomic mass is 9.84. The van der Waals surface area contributed by atoms with Crippen molar-refractivity contribution in [3.63, 3.8) is 0 Å². The molecule has 104 valence electrons. The highest BCUT2D eigenvalue weighted by atomic mass is 79.9. The van der Waals surface area contributed by atoms with Crippen molar-refractivity contribution in [3.8, 4) is 0 Å². The normalized spacial score (nSPS) is 37.7. The van der Waals surface area contributed by atoms with Gasteiger partial charge in [0.15, 0.2) is 0 Å². The van der Waals surface area contributed by atoms with Crippen LogP contribution in [0.2, 0.25) is 0 Å². The minimum atomic E-state index is -3.00. The number of halogens is 1. The van der Waals surface area contributed by atoms with E-state index in [0.717, 1.165) is 32.1 Å². The van der Waals surface area contributed by atoms with Gasteiger partial charge >= 0.3 is 0 Å². The number of alkyl halides is 1. The van der Waals surface area contributed by atoms with Crippen molar-refractivity contribution in [2.45, 2.75) is 68.3 Å². The van der Waals surface area contributed by atoms with Gasteiger partial charge in [-0.25, -0.2) is 8.42 Å². The summed E-state index contributed by atoms with van der Waals surface area (Å²) in [6.07, 6.45) is 8.79. The molecule has 3 rings (SSSR count). The second-order valence-corrected chi connectivity index (χ2v) is 9.47. The molecule has 1 aliphatic carbocycles. The molecular weight excluding hydrogens is 314 g/mol. The van der Waals surface area contributed by atoms with E-state index in [2.05, 4.69) is 15.9 Å². The molecule has 3 aliphatic rings. The van der Waals surface area contributed by atoms with E-state index in [1.54, 1.807) is 0 Å². The second kappa shape index (κ2) is 5.06. The average Bonchev–Trinajstić information content (AvgIpc) is 2.50. The van der Waals surface area contributed by atoms with Gasteiger partial charge in [-0.3, -0.25) is 0 Å². The summed E-state index contributed by atoms with van der Waals surface area (Å²) in [6, 6.07) is 0.555. The van der Waals surface area contributed by atoms with Crippen LogP contribution in [0.3, 0.4) is 0 Å². The lowest BCUT2D eigenvalue weighted by Crippen LogP contribution is -2.47. The molecule has 0 radical (unpaired) electrons. The summed E-state index contributed by atoms with van der Waals surface area (Å²) in [5.74, 6) is 1.07. The summed E-state index contributed by atoms with van der Waals surface area (Å²) in [5.41, 5.74) is 0. The molecular formula is C13H22BrNO2S. The topological polar surface area (TPSA) is 37.4 Å². The van der Waals surface area contributed by atoms with Gasteiger partial charge in [-0.15, -0.1) is 0 Å². The van der Waals surface area contributed by atoms with Crippen LogP contribution >= 0.6 is 15.9 Å². The van der Waals surface area contributed by atoms with Crippen molar-refractivity contribution in [1.82, 2.24) is 4.31 Å². The van der Waals surface area contributed by atoms with Gasteiger partial charge in [0.2, 0.25) is 10.0 Å². The molecule has 0 aromatic rings. The van der Waals surface area contributed by atoms with Crippen LogP contribution in [0, 0.1) is 5.92 Å². The van der Waals surface area contributed by atoms with E-state index in [1.165, 1.54) is 19.3 Å². The maximum atomic E-state index is 12.5. The Bertz CT molecular complexity index is 393. The zero-order valence-corrected chi connectivity index (χ0v) is 13.1. The van der Waals surface area contributed by atoms with Crippen molar-refractivity contribution in [2.24, 2.45) is 5.92 Å². The van der Waals surface area contributed by atoms with Crippen molar-refractivity contribution in [2.75, 3.05) is 5.75 Å². The van der Waals surface area contributed by atoms with E-state index in [4.69, 9.17) is 0 Å². The third-order valence-corrected chi connectivity index (χ3v) is 7.68. The molecule has 2 bridgehead atoms. The Labute approximate surface area is 118 Å². The van der Waals surface area contributed by atoms with Gasteiger partial charge in [0.25, 0.3) is 0 Å². The van der Waals surface area contributed by atoms with Crippen LogP contribution in [-0.4, -0.2) is 35.4 Å². The van der Waals surface area contributed by atoms with Crippen molar-refractivity contribution in [1.29, 1.82) is 0 Å². The van der Waals surface area contributed by atoms with Gasteiger partial charge in [0, 0.05) is 16.9 Å². The number of nitrogens with zero attached hydrogens (tertiary/aromatic N) is 1. The molecule has 2 aliphatic heterocycles. The minimum Gasteiger partial charge on any atom is -0.212 e. The van der Waals surface area contributed by atoms with E-state index >= 15 is 0 Å². The maximum Gasteiger partial charge on any atom is 0.214 e. The monoisotopic (exact) mass is 335 g/mol. The molecule has 1 saturated carbocycles. The van der Waals surface area contributed by atoms with Gasteiger partial charge in [0.1, 0.15) is 0 Å². The van der Waals surface area contributed by atoms with E-state index < -0.39 is 10.0 Å². The highest BCUT2D eigenvalue weighted by Gasteiger charge is 2.45. The Morgan fingerprint density at radius 3 is 2.17 bits per heavy atom.